The van der Waals surface area contributed by atoms with Crippen LogP contribution in [0, 0.1) is 5.41 Å². The molecular weight excluding hydrogens is 488 g/mol. The number of rotatable bonds is 6. The average Bonchev–Trinajstić information content (AvgIpc) is 2.89. The summed E-state index contributed by atoms with van der Waals surface area (Å²) in [5.74, 6) is 1.81. The fraction of sp³-hybridized carbons (Fsp3) is 0.321. The summed E-state index contributed by atoms with van der Waals surface area (Å²) in [7, 11) is 0. The Morgan fingerprint density at radius 1 is 1.08 bits per heavy atom. The number of hydrogen-bond acceptors (Lipinski definition) is 7. The zero-order valence-corrected chi connectivity index (χ0v) is 22.3. The summed E-state index contributed by atoms with van der Waals surface area (Å²) in [6.07, 6.45) is 5.82. The van der Waals surface area contributed by atoms with Gasteiger partial charge in [-0.3, -0.25) is 0 Å². The summed E-state index contributed by atoms with van der Waals surface area (Å²) in [4.78, 5) is 19.5. The minimum Gasteiger partial charge on any atom is -0.355 e. The minimum absolute atomic E-state index is 0.228. The van der Waals surface area contributed by atoms with Crippen LogP contribution in [0.1, 0.15) is 37.8 Å². The van der Waals surface area contributed by atoms with Crippen LogP contribution >= 0.6 is 23.4 Å². The van der Waals surface area contributed by atoms with Crippen molar-refractivity contribution in [2.24, 2.45) is 16.1 Å². The first-order valence-electron chi connectivity index (χ1n) is 12.2. The SMILES string of the molecule is C=C1c2c(ccc(Sc3cnc(N4CCC(C)(CN)CC4)cn3)c2Cl)N=C(C)N1Cc1ccccc1. The molecule has 2 aliphatic rings. The van der Waals surface area contributed by atoms with Crippen LogP contribution in [0.25, 0.3) is 5.70 Å². The normalized spacial score (nSPS) is 17.1. The van der Waals surface area contributed by atoms with Gasteiger partial charge in [0.05, 0.1) is 23.1 Å². The number of nitrogens with two attached hydrogens (primary N) is 1. The third kappa shape index (κ3) is 5.01. The van der Waals surface area contributed by atoms with E-state index in [1.165, 1.54) is 17.3 Å². The van der Waals surface area contributed by atoms with E-state index in [0.29, 0.717) is 11.6 Å². The van der Waals surface area contributed by atoms with Crippen LogP contribution in [0.4, 0.5) is 11.5 Å². The van der Waals surface area contributed by atoms with Gasteiger partial charge in [0.1, 0.15) is 16.7 Å². The van der Waals surface area contributed by atoms with Crippen molar-refractivity contribution < 1.29 is 0 Å². The topological polar surface area (TPSA) is 70.6 Å². The van der Waals surface area contributed by atoms with Gasteiger partial charge in [-0.2, -0.15) is 0 Å². The second-order valence-electron chi connectivity index (χ2n) is 9.77. The Balaban J connectivity index is 1.33. The molecule has 0 aliphatic carbocycles. The Kier molecular flexibility index (Phi) is 7.06. The first-order valence-corrected chi connectivity index (χ1v) is 13.4. The van der Waals surface area contributed by atoms with Crippen LogP contribution in [0.5, 0.6) is 0 Å². The highest BCUT2D eigenvalue weighted by Crippen LogP contribution is 2.44. The molecule has 0 radical (unpaired) electrons. The molecule has 3 aromatic rings. The second-order valence-corrected chi connectivity index (χ2v) is 11.2. The van der Waals surface area contributed by atoms with Crippen molar-refractivity contribution in [1.82, 2.24) is 14.9 Å². The third-order valence-corrected chi connectivity index (χ3v) is 8.66. The monoisotopic (exact) mass is 518 g/mol. The van der Waals surface area contributed by atoms with Gasteiger partial charge in [0.2, 0.25) is 0 Å². The van der Waals surface area contributed by atoms with Crippen LogP contribution in [-0.4, -0.2) is 40.3 Å². The predicted molar refractivity (Wildman–Crippen MR) is 150 cm³/mol. The van der Waals surface area contributed by atoms with E-state index in [2.05, 4.69) is 40.4 Å². The standard InChI is InChI=1S/C28H31ClN6S/c1-19-26-22(33-20(2)35(19)17-21-7-5-4-6-8-21)9-10-23(27(26)29)36-25-16-31-24(15-32-25)34-13-11-28(3,18-30)12-14-34/h4-10,15-16H,1,11-14,17-18,30H2,2-3H3. The molecule has 36 heavy (non-hydrogen) atoms. The highest BCUT2D eigenvalue weighted by molar-refractivity contribution is 7.99. The van der Waals surface area contributed by atoms with E-state index in [1.807, 2.05) is 49.6 Å². The first kappa shape index (κ1) is 24.8. The maximum atomic E-state index is 6.94. The molecular formula is C28H31ClN6S. The van der Waals surface area contributed by atoms with Gasteiger partial charge in [-0.15, -0.1) is 0 Å². The third-order valence-electron chi connectivity index (χ3n) is 7.17. The Morgan fingerprint density at radius 3 is 2.50 bits per heavy atom. The number of nitrogens with zero attached hydrogens (tertiary/aromatic N) is 5. The van der Waals surface area contributed by atoms with Crippen molar-refractivity contribution in [2.75, 3.05) is 24.5 Å². The maximum Gasteiger partial charge on any atom is 0.147 e. The highest BCUT2D eigenvalue weighted by atomic mass is 35.5. The summed E-state index contributed by atoms with van der Waals surface area (Å²) in [6.45, 7) is 12.0. The molecule has 0 bridgehead atoms. The zero-order valence-electron chi connectivity index (χ0n) is 20.7. The summed E-state index contributed by atoms with van der Waals surface area (Å²) in [5.41, 5.74) is 9.93. The van der Waals surface area contributed by atoms with E-state index < -0.39 is 0 Å². The van der Waals surface area contributed by atoms with Crippen LogP contribution < -0.4 is 10.6 Å². The summed E-state index contributed by atoms with van der Waals surface area (Å²) >= 11 is 8.44. The molecule has 2 aliphatic heterocycles. The van der Waals surface area contributed by atoms with E-state index in [4.69, 9.17) is 27.3 Å². The summed E-state index contributed by atoms with van der Waals surface area (Å²) in [5, 5.41) is 1.44. The zero-order chi connectivity index (χ0) is 25.3. The van der Waals surface area contributed by atoms with Crippen molar-refractivity contribution in [1.29, 1.82) is 0 Å². The van der Waals surface area contributed by atoms with E-state index >= 15 is 0 Å². The molecule has 0 saturated carbocycles. The predicted octanol–water partition coefficient (Wildman–Crippen LogP) is 6.38. The Morgan fingerprint density at radius 2 is 1.83 bits per heavy atom. The molecule has 0 unspecified atom stereocenters. The van der Waals surface area contributed by atoms with Gasteiger partial charge in [-0.1, -0.05) is 67.2 Å². The Labute approximate surface area is 222 Å². The summed E-state index contributed by atoms with van der Waals surface area (Å²) < 4.78 is 0. The van der Waals surface area contributed by atoms with Crippen LogP contribution in [-0.2, 0) is 6.54 Å². The number of hydrogen-bond donors (Lipinski definition) is 1. The fourth-order valence-corrected chi connectivity index (χ4v) is 5.80. The first-order chi connectivity index (χ1) is 17.4. The molecule has 8 heteroatoms. The molecule has 0 spiro atoms. The van der Waals surface area contributed by atoms with Crippen molar-refractivity contribution in [2.45, 2.75) is 43.2 Å². The van der Waals surface area contributed by atoms with Crippen molar-refractivity contribution in [3.05, 3.63) is 77.6 Å². The van der Waals surface area contributed by atoms with E-state index in [1.54, 1.807) is 0 Å². The number of aliphatic imine (C=N–C) groups is 1. The van der Waals surface area contributed by atoms with Gasteiger partial charge in [0.25, 0.3) is 0 Å². The number of piperidine rings is 1. The largest absolute Gasteiger partial charge is 0.355 e. The van der Waals surface area contributed by atoms with Gasteiger partial charge in [0, 0.05) is 35.8 Å². The Hall–Kier alpha value is -2.87. The molecule has 6 nitrogen and oxygen atoms in total. The molecule has 186 valence electrons. The lowest BCUT2D eigenvalue weighted by Crippen LogP contribution is -2.42. The lowest BCUT2D eigenvalue weighted by molar-refractivity contribution is 0.258. The van der Waals surface area contributed by atoms with Gasteiger partial charge >= 0.3 is 0 Å². The smallest absolute Gasteiger partial charge is 0.147 e. The van der Waals surface area contributed by atoms with Gasteiger partial charge in [0.15, 0.2) is 0 Å². The number of aromatic nitrogens is 2. The van der Waals surface area contributed by atoms with Gasteiger partial charge in [-0.25, -0.2) is 15.0 Å². The molecule has 2 aromatic carbocycles. The number of anilines is 1. The molecule has 0 amide bonds. The van der Waals surface area contributed by atoms with Gasteiger partial charge in [-0.05, 0) is 49.4 Å². The molecule has 3 heterocycles. The van der Waals surface area contributed by atoms with Crippen molar-refractivity contribution in [3.8, 4) is 0 Å². The molecule has 1 aromatic heterocycles. The van der Waals surface area contributed by atoms with Crippen LogP contribution in [0.2, 0.25) is 5.02 Å². The van der Waals surface area contributed by atoms with E-state index in [0.717, 1.165) is 71.0 Å². The molecule has 1 saturated heterocycles. The number of amidine groups is 1. The van der Waals surface area contributed by atoms with Crippen LogP contribution in [0.15, 0.2) is 76.4 Å². The number of halogens is 1. The highest BCUT2D eigenvalue weighted by Gasteiger charge is 2.29. The lowest BCUT2D eigenvalue weighted by atomic mass is 9.80. The number of benzene rings is 2. The minimum atomic E-state index is 0.228. The maximum absolute atomic E-state index is 6.94. The van der Waals surface area contributed by atoms with Gasteiger partial charge < -0.3 is 15.5 Å². The summed E-state index contributed by atoms with van der Waals surface area (Å²) in [6, 6.07) is 14.3. The lowest BCUT2D eigenvalue weighted by Gasteiger charge is -2.39. The number of fused-ring (bicyclic) bond motifs is 1. The molecule has 1 fully saturated rings. The molecule has 2 N–H and O–H groups in total. The second kappa shape index (κ2) is 10.2. The molecule has 5 rings (SSSR count). The van der Waals surface area contributed by atoms with Crippen LogP contribution in [0.3, 0.4) is 0 Å². The van der Waals surface area contributed by atoms with Crippen molar-refractivity contribution in [3.63, 3.8) is 0 Å². The average molecular weight is 519 g/mol. The van der Waals surface area contributed by atoms with E-state index in [9.17, 15) is 0 Å². The quantitative estimate of drug-likeness (QED) is 0.408. The van der Waals surface area contributed by atoms with Crippen molar-refractivity contribution >= 4 is 46.4 Å². The van der Waals surface area contributed by atoms with E-state index in [-0.39, 0.29) is 5.41 Å². The molecule has 0 atom stereocenters. The Bertz CT molecular complexity index is 1280. The fourth-order valence-electron chi connectivity index (χ4n) is 4.65.